The lowest BCUT2D eigenvalue weighted by Gasteiger charge is -2.28. The van der Waals surface area contributed by atoms with E-state index in [9.17, 15) is 13.2 Å². The number of anilines is 1. The number of carbonyl (C=O) groups is 1. The summed E-state index contributed by atoms with van der Waals surface area (Å²) < 4.78 is 25.9. The molecule has 0 saturated carbocycles. The van der Waals surface area contributed by atoms with Gasteiger partial charge in [-0.3, -0.25) is 9.36 Å². The number of thioether (sulfide) groups is 1. The minimum absolute atomic E-state index is 0.00229. The van der Waals surface area contributed by atoms with E-state index in [2.05, 4.69) is 10.2 Å². The van der Waals surface area contributed by atoms with Crippen LogP contribution in [-0.4, -0.2) is 52.4 Å². The summed E-state index contributed by atoms with van der Waals surface area (Å²) in [6.07, 6.45) is 2.08. The normalized spacial score (nSPS) is 17.7. The molecule has 3 aromatic rings. The van der Waals surface area contributed by atoms with Gasteiger partial charge in [0.2, 0.25) is 5.91 Å². The van der Waals surface area contributed by atoms with E-state index in [0.29, 0.717) is 17.3 Å². The number of para-hydroxylation sites is 2. The quantitative estimate of drug-likeness (QED) is 0.546. The lowest BCUT2D eigenvalue weighted by atomic mass is 10.2. The second-order valence-corrected chi connectivity index (χ2v) is 10.4. The highest BCUT2D eigenvalue weighted by molar-refractivity contribution is 7.99. The van der Waals surface area contributed by atoms with E-state index in [1.807, 2.05) is 66.1 Å². The second kappa shape index (κ2) is 8.61. The number of nitrogens with zero attached hydrogens (tertiary/aromatic N) is 4. The Morgan fingerprint density at radius 3 is 2.60 bits per heavy atom. The van der Waals surface area contributed by atoms with Crippen LogP contribution >= 0.6 is 11.8 Å². The summed E-state index contributed by atoms with van der Waals surface area (Å²) in [5, 5.41) is 8.79. The maximum Gasteiger partial charge on any atom is 0.237 e. The number of hydrogen-bond donors (Lipinski definition) is 0. The molecule has 4 rings (SSSR count). The Hall–Kier alpha value is -2.65. The molecule has 1 aromatic heterocycles. The van der Waals surface area contributed by atoms with Crippen LogP contribution in [0, 0.1) is 6.92 Å². The molecule has 30 heavy (non-hydrogen) atoms. The van der Waals surface area contributed by atoms with Crippen molar-refractivity contribution in [1.82, 2.24) is 14.8 Å². The van der Waals surface area contributed by atoms with Crippen LogP contribution in [0.4, 0.5) is 5.69 Å². The molecule has 1 atom stereocenters. The van der Waals surface area contributed by atoms with Crippen molar-refractivity contribution >= 4 is 33.2 Å². The fourth-order valence-electron chi connectivity index (χ4n) is 3.64. The Labute approximate surface area is 180 Å². The Morgan fingerprint density at radius 2 is 1.90 bits per heavy atom. The van der Waals surface area contributed by atoms with Crippen LogP contribution in [0.5, 0.6) is 0 Å². The first-order chi connectivity index (χ1) is 14.4. The van der Waals surface area contributed by atoms with Gasteiger partial charge in [0.25, 0.3) is 0 Å². The predicted octanol–water partition coefficient (Wildman–Crippen LogP) is 2.89. The van der Waals surface area contributed by atoms with Gasteiger partial charge in [0.1, 0.15) is 6.33 Å². The minimum Gasteiger partial charge on any atom is -0.308 e. The molecule has 1 aliphatic rings. The number of aryl methyl sites for hydroxylation is 1. The molecule has 1 aliphatic heterocycles. The van der Waals surface area contributed by atoms with Crippen molar-refractivity contribution < 1.29 is 13.2 Å². The van der Waals surface area contributed by atoms with Crippen molar-refractivity contribution in [2.45, 2.75) is 24.5 Å². The molecular formula is C21H22N4O3S2. The van der Waals surface area contributed by atoms with E-state index >= 15 is 0 Å². The topological polar surface area (TPSA) is 85.2 Å². The van der Waals surface area contributed by atoms with E-state index in [-0.39, 0.29) is 29.2 Å². The first-order valence-corrected chi connectivity index (χ1v) is 12.4. The van der Waals surface area contributed by atoms with Crippen molar-refractivity contribution in [2.24, 2.45) is 0 Å². The molecule has 1 saturated heterocycles. The Morgan fingerprint density at radius 1 is 1.17 bits per heavy atom. The van der Waals surface area contributed by atoms with E-state index in [1.165, 1.54) is 11.8 Å². The van der Waals surface area contributed by atoms with E-state index < -0.39 is 9.84 Å². The zero-order valence-electron chi connectivity index (χ0n) is 16.5. The predicted molar refractivity (Wildman–Crippen MR) is 118 cm³/mol. The lowest BCUT2D eigenvalue weighted by molar-refractivity contribution is -0.116. The molecule has 1 amide bonds. The molecule has 0 N–H and O–H groups in total. The molecule has 2 aromatic carbocycles. The Bertz CT molecular complexity index is 1150. The number of hydrogen-bond acceptors (Lipinski definition) is 6. The third-order valence-corrected chi connectivity index (χ3v) is 7.77. The van der Waals surface area contributed by atoms with Crippen molar-refractivity contribution in [3.8, 4) is 5.69 Å². The van der Waals surface area contributed by atoms with Gasteiger partial charge in [0, 0.05) is 5.69 Å². The molecule has 0 spiro atoms. The smallest absolute Gasteiger partial charge is 0.237 e. The first kappa shape index (κ1) is 20.6. The molecule has 1 fully saturated rings. The van der Waals surface area contributed by atoms with Crippen LogP contribution in [0.3, 0.4) is 0 Å². The van der Waals surface area contributed by atoms with Gasteiger partial charge >= 0.3 is 0 Å². The van der Waals surface area contributed by atoms with Crippen LogP contribution in [-0.2, 0) is 14.6 Å². The van der Waals surface area contributed by atoms with Gasteiger partial charge in [-0.25, -0.2) is 8.42 Å². The summed E-state index contributed by atoms with van der Waals surface area (Å²) in [4.78, 5) is 14.8. The van der Waals surface area contributed by atoms with Crippen LogP contribution in [0.1, 0.15) is 12.0 Å². The average Bonchev–Trinajstić information content (AvgIpc) is 3.34. The maximum absolute atomic E-state index is 13.2. The highest BCUT2D eigenvalue weighted by Gasteiger charge is 2.35. The van der Waals surface area contributed by atoms with Gasteiger partial charge in [-0.1, -0.05) is 48.2 Å². The highest BCUT2D eigenvalue weighted by atomic mass is 32.2. The maximum atomic E-state index is 13.2. The van der Waals surface area contributed by atoms with Crippen LogP contribution < -0.4 is 4.90 Å². The van der Waals surface area contributed by atoms with Crippen LogP contribution in [0.15, 0.2) is 66.1 Å². The zero-order valence-corrected chi connectivity index (χ0v) is 18.1. The molecule has 0 bridgehead atoms. The highest BCUT2D eigenvalue weighted by Crippen LogP contribution is 2.27. The first-order valence-electron chi connectivity index (χ1n) is 9.61. The minimum atomic E-state index is -3.11. The van der Waals surface area contributed by atoms with Gasteiger partial charge in [-0.15, -0.1) is 10.2 Å². The van der Waals surface area contributed by atoms with Gasteiger partial charge in [-0.2, -0.15) is 0 Å². The SMILES string of the molecule is Cc1ccccc1-n1cnnc1SCC(=O)N(c1ccccc1)[C@@H]1CCS(=O)(=O)C1. The number of benzene rings is 2. The number of carbonyl (C=O) groups excluding carboxylic acids is 1. The summed E-state index contributed by atoms with van der Waals surface area (Å²) in [7, 11) is -3.11. The molecule has 7 nitrogen and oxygen atoms in total. The van der Waals surface area contributed by atoms with Crippen LogP contribution in [0.2, 0.25) is 0 Å². The van der Waals surface area contributed by atoms with Crippen molar-refractivity contribution in [2.75, 3.05) is 22.2 Å². The number of rotatable bonds is 6. The third-order valence-electron chi connectivity index (χ3n) is 5.09. The van der Waals surface area contributed by atoms with Crippen LogP contribution in [0.25, 0.3) is 5.69 Å². The number of amides is 1. The molecule has 0 radical (unpaired) electrons. The standard InChI is InChI=1S/C21H22N4O3S2/c1-16-7-5-6-10-19(16)24-15-22-23-21(24)29-13-20(26)25(17-8-3-2-4-9-17)18-11-12-30(27,28)14-18/h2-10,15,18H,11-14H2,1H3/t18-/m1/s1. The van der Waals surface area contributed by atoms with E-state index in [4.69, 9.17) is 0 Å². The lowest BCUT2D eigenvalue weighted by Crippen LogP contribution is -2.42. The molecule has 156 valence electrons. The molecule has 9 heteroatoms. The summed E-state index contributed by atoms with van der Waals surface area (Å²) in [5.74, 6) is 0.101. The third kappa shape index (κ3) is 4.41. The fraction of sp³-hybridized carbons (Fsp3) is 0.286. The number of aromatic nitrogens is 3. The molecular weight excluding hydrogens is 420 g/mol. The van der Waals surface area contributed by atoms with Crippen molar-refractivity contribution in [3.63, 3.8) is 0 Å². The Kier molecular flexibility index (Phi) is 5.92. The van der Waals surface area contributed by atoms with E-state index in [0.717, 1.165) is 11.3 Å². The molecule has 0 aliphatic carbocycles. The van der Waals surface area contributed by atoms with E-state index in [1.54, 1.807) is 11.2 Å². The summed E-state index contributed by atoms with van der Waals surface area (Å²) in [5.41, 5.74) is 2.75. The number of sulfone groups is 1. The zero-order chi connectivity index (χ0) is 21.1. The van der Waals surface area contributed by atoms with Crippen molar-refractivity contribution in [3.05, 3.63) is 66.5 Å². The van der Waals surface area contributed by atoms with Gasteiger partial charge in [0.05, 0.1) is 29.0 Å². The summed E-state index contributed by atoms with van der Waals surface area (Å²) in [6.45, 7) is 2.01. The Balaban J connectivity index is 1.55. The average molecular weight is 443 g/mol. The summed E-state index contributed by atoms with van der Waals surface area (Å²) in [6, 6.07) is 16.8. The monoisotopic (exact) mass is 442 g/mol. The summed E-state index contributed by atoms with van der Waals surface area (Å²) >= 11 is 1.30. The molecule has 0 unspecified atom stereocenters. The van der Waals surface area contributed by atoms with Gasteiger partial charge in [-0.05, 0) is 37.1 Å². The van der Waals surface area contributed by atoms with Crippen molar-refractivity contribution in [1.29, 1.82) is 0 Å². The largest absolute Gasteiger partial charge is 0.308 e. The fourth-order valence-corrected chi connectivity index (χ4v) is 6.12. The second-order valence-electron chi connectivity index (χ2n) is 7.21. The van der Waals surface area contributed by atoms with Gasteiger partial charge < -0.3 is 4.90 Å². The molecule has 2 heterocycles. The van der Waals surface area contributed by atoms with Gasteiger partial charge in [0.15, 0.2) is 15.0 Å².